The van der Waals surface area contributed by atoms with Gasteiger partial charge in [-0.25, -0.2) is 0 Å². The Morgan fingerprint density at radius 1 is 1.22 bits per heavy atom. The number of carbonyl (C=O) groups is 2. The van der Waals surface area contributed by atoms with Crippen LogP contribution in [0.3, 0.4) is 0 Å². The fourth-order valence-electron chi connectivity index (χ4n) is 2.45. The van der Waals surface area contributed by atoms with Gasteiger partial charge in [0, 0.05) is 21.3 Å². The molecule has 1 unspecified atom stereocenters. The van der Waals surface area contributed by atoms with Gasteiger partial charge in [-0.1, -0.05) is 19.8 Å². The molecule has 0 bridgehead atoms. The summed E-state index contributed by atoms with van der Waals surface area (Å²) in [6.45, 7) is 2.01. The zero-order valence-corrected chi connectivity index (χ0v) is 12.3. The van der Waals surface area contributed by atoms with Crippen molar-refractivity contribution in [3.63, 3.8) is 0 Å². The van der Waals surface area contributed by atoms with E-state index in [1.54, 1.807) is 0 Å². The number of unbranched alkanes of at least 4 members (excludes halogenated alkanes) is 1. The molecule has 0 N–H and O–H groups in total. The van der Waals surface area contributed by atoms with Crippen LogP contribution in [0.4, 0.5) is 0 Å². The Kier molecular flexibility index (Phi) is 5.03. The molecule has 104 valence electrons. The van der Waals surface area contributed by atoms with Crippen LogP contribution in [-0.4, -0.2) is 42.1 Å². The number of hydrogen-bond acceptors (Lipinski definition) is 6. The summed E-state index contributed by atoms with van der Waals surface area (Å²) < 4.78 is 20.8. The summed E-state index contributed by atoms with van der Waals surface area (Å²) in [7, 11) is 1.03. The molecule has 0 radical (unpaired) electrons. The Bertz CT molecular complexity index is 319. The topological polar surface area (TPSA) is 71.1 Å². The standard InChI is InChI=1S/C11H20O6Si/c1-5-6-7-11(8-9(12)17-10(11)13)18(14-2,15-3)16-4/h5-8H2,1-4H3. The van der Waals surface area contributed by atoms with Crippen LogP contribution in [0.15, 0.2) is 0 Å². The fraction of sp³-hybridized carbons (Fsp3) is 0.818. The molecule has 1 heterocycles. The van der Waals surface area contributed by atoms with Crippen molar-refractivity contribution in [1.29, 1.82) is 0 Å². The third-order valence-electron chi connectivity index (χ3n) is 3.39. The van der Waals surface area contributed by atoms with Gasteiger partial charge in [-0.05, 0) is 6.42 Å². The predicted octanol–water partition coefficient (Wildman–Crippen LogP) is 1.27. The van der Waals surface area contributed by atoms with Crippen molar-refractivity contribution < 1.29 is 27.6 Å². The lowest BCUT2D eigenvalue weighted by molar-refractivity contribution is -0.153. The monoisotopic (exact) mass is 276 g/mol. The van der Waals surface area contributed by atoms with Gasteiger partial charge in [-0.2, -0.15) is 0 Å². The Balaban J connectivity index is 3.18. The minimum atomic E-state index is -3.27. The number of carbonyl (C=O) groups excluding carboxylic acids is 2. The molecule has 0 amide bonds. The highest BCUT2D eigenvalue weighted by molar-refractivity contribution is 6.69. The van der Waals surface area contributed by atoms with E-state index in [1.807, 2.05) is 6.92 Å². The van der Waals surface area contributed by atoms with E-state index in [0.717, 1.165) is 12.8 Å². The SMILES string of the molecule is CCCCC1([Si](OC)(OC)OC)CC(=O)OC1=O. The summed E-state index contributed by atoms with van der Waals surface area (Å²) in [6.07, 6.45) is 2.10. The molecule has 1 atom stereocenters. The number of hydrogen-bond donors (Lipinski definition) is 0. The summed E-state index contributed by atoms with van der Waals surface area (Å²) in [6, 6.07) is 0. The fourth-order valence-corrected chi connectivity index (χ4v) is 5.26. The van der Waals surface area contributed by atoms with Crippen molar-refractivity contribution in [3.05, 3.63) is 0 Å². The van der Waals surface area contributed by atoms with E-state index in [1.165, 1.54) is 21.3 Å². The van der Waals surface area contributed by atoms with Gasteiger partial charge in [-0.3, -0.25) is 9.59 Å². The second kappa shape index (κ2) is 5.92. The largest absolute Gasteiger partial charge is 0.518 e. The molecule has 1 saturated heterocycles. The molecule has 0 aromatic carbocycles. The van der Waals surface area contributed by atoms with Gasteiger partial charge in [0.2, 0.25) is 0 Å². The van der Waals surface area contributed by atoms with Crippen LogP contribution in [0.25, 0.3) is 0 Å². The van der Waals surface area contributed by atoms with Crippen LogP contribution in [0, 0.1) is 0 Å². The van der Waals surface area contributed by atoms with Crippen molar-refractivity contribution in [3.8, 4) is 0 Å². The van der Waals surface area contributed by atoms with E-state index in [4.69, 9.17) is 18.0 Å². The highest BCUT2D eigenvalue weighted by Crippen LogP contribution is 2.51. The van der Waals surface area contributed by atoms with Crippen molar-refractivity contribution in [2.24, 2.45) is 0 Å². The summed E-state index contributed by atoms with van der Waals surface area (Å²) in [5, 5.41) is -1.10. The van der Waals surface area contributed by atoms with Gasteiger partial charge in [0.15, 0.2) is 0 Å². The van der Waals surface area contributed by atoms with Crippen LogP contribution in [0.2, 0.25) is 5.04 Å². The maximum absolute atomic E-state index is 12.1. The van der Waals surface area contributed by atoms with Crippen LogP contribution in [0.5, 0.6) is 0 Å². The first-order valence-corrected chi connectivity index (χ1v) is 7.65. The number of ether oxygens (including phenoxy) is 1. The van der Waals surface area contributed by atoms with E-state index in [2.05, 4.69) is 0 Å². The minimum absolute atomic E-state index is 0.0342. The summed E-state index contributed by atoms with van der Waals surface area (Å²) >= 11 is 0. The zero-order valence-electron chi connectivity index (χ0n) is 11.3. The van der Waals surface area contributed by atoms with Crippen LogP contribution < -0.4 is 0 Å². The smallest absolute Gasteiger partial charge is 0.393 e. The summed E-state index contributed by atoms with van der Waals surface area (Å²) in [5.74, 6) is -1.13. The van der Waals surface area contributed by atoms with E-state index in [0.29, 0.717) is 6.42 Å². The van der Waals surface area contributed by atoms with Gasteiger partial charge in [-0.15, -0.1) is 0 Å². The Hall–Kier alpha value is -0.763. The summed E-state index contributed by atoms with van der Waals surface area (Å²) in [4.78, 5) is 23.5. The first-order valence-electron chi connectivity index (χ1n) is 5.92. The van der Waals surface area contributed by atoms with E-state index in [-0.39, 0.29) is 6.42 Å². The second-order valence-electron chi connectivity index (χ2n) is 4.29. The van der Waals surface area contributed by atoms with E-state index >= 15 is 0 Å². The molecule has 0 saturated carbocycles. The number of rotatable bonds is 7. The molecule has 0 aliphatic carbocycles. The first kappa shape index (κ1) is 15.3. The van der Waals surface area contributed by atoms with Crippen molar-refractivity contribution in [2.45, 2.75) is 37.6 Å². The normalized spacial score (nSPS) is 24.4. The molecule has 0 aromatic rings. The highest BCUT2D eigenvalue weighted by Gasteiger charge is 2.69. The second-order valence-corrected chi connectivity index (χ2v) is 7.59. The molecule has 18 heavy (non-hydrogen) atoms. The highest BCUT2D eigenvalue weighted by atomic mass is 28.4. The van der Waals surface area contributed by atoms with Crippen LogP contribution >= 0.6 is 0 Å². The molecule has 0 aromatic heterocycles. The van der Waals surface area contributed by atoms with Gasteiger partial charge >= 0.3 is 20.7 Å². The predicted molar refractivity (Wildman–Crippen MR) is 64.7 cm³/mol. The Morgan fingerprint density at radius 2 is 1.78 bits per heavy atom. The Morgan fingerprint density at radius 3 is 2.11 bits per heavy atom. The van der Waals surface area contributed by atoms with Gasteiger partial charge in [0.25, 0.3) is 0 Å². The molecule has 1 aliphatic rings. The van der Waals surface area contributed by atoms with Crippen molar-refractivity contribution in [1.82, 2.24) is 0 Å². The van der Waals surface area contributed by atoms with Crippen LogP contribution in [-0.2, 0) is 27.6 Å². The summed E-state index contributed by atoms with van der Waals surface area (Å²) in [5.41, 5.74) is 0. The number of esters is 2. The first-order chi connectivity index (χ1) is 8.51. The van der Waals surface area contributed by atoms with Gasteiger partial charge in [0.1, 0.15) is 5.04 Å². The maximum Gasteiger partial charge on any atom is 0.518 e. The van der Waals surface area contributed by atoms with E-state index in [9.17, 15) is 9.59 Å². The van der Waals surface area contributed by atoms with Gasteiger partial charge < -0.3 is 18.0 Å². The van der Waals surface area contributed by atoms with Gasteiger partial charge in [0.05, 0.1) is 6.42 Å². The maximum atomic E-state index is 12.1. The lowest BCUT2D eigenvalue weighted by atomic mass is 9.99. The molecule has 0 spiro atoms. The van der Waals surface area contributed by atoms with Crippen molar-refractivity contribution >= 4 is 20.7 Å². The molecular formula is C11H20O6Si. The molecule has 1 rings (SSSR count). The third kappa shape index (κ3) is 2.23. The Labute approximate surface area is 108 Å². The average Bonchev–Trinajstić information content (AvgIpc) is 2.66. The third-order valence-corrected chi connectivity index (χ3v) is 6.81. The number of cyclic esters (lactones) is 2. The molecule has 1 aliphatic heterocycles. The molecule has 6 nitrogen and oxygen atoms in total. The quantitative estimate of drug-likeness (QED) is 0.396. The lowest BCUT2D eigenvalue weighted by Crippen LogP contribution is -2.56. The molecular weight excluding hydrogens is 256 g/mol. The molecule has 1 fully saturated rings. The zero-order chi connectivity index (χ0) is 13.8. The molecule has 7 heteroatoms. The lowest BCUT2D eigenvalue weighted by Gasteiger charge is -2.37. The average molecular weight is 276 g/mol. The van der Waals surface area contributed by atoms with E-state index < -0.39 is 25.8 Å². The van der Waals surface area contributed by atoms with Crippen molar-refractivity contribution in [2.75, 3.05) is 21.3 Å². The van der Waals surface area contributed by atoms with Crippen LogP contribution in [0.1, 0.15) is 32.6 Å². The minimum Gasteiger partial charge on any atom is -0.393 e.